The van der Waals surface area contributed by atoms with E-state index in [1.54, 1.807) is 0 Å². The van der Waals surface area contributed by atoms with Crippen molar-refractivity contribution in [1.29, 1.82) is 0 Å². The first-order chi connectivity index (χ1) is 8.95. The molecule has 0 atom stereocenters. The van der Waals surface area contributed by atoms with E-state index in [2.05, 4.69) is 17.2 Å². The van der Waals surface area contributed by atoms with Gasteiger partial charge in [-0.05, 0) is 50.4 Å². The van der Waals surface area contributed by atoms with Gasteiger partial charge in [-0.25, -0.2) is 0 Å². The van der Waals surface area contributed by atoms with Crippen molar-refractivity contribution in [2.45, 2.75) is 19.3 Å². The fourth-order valence-corrected chi connectivity index (χ4v) is 2.20. The fraction of sp³-hybridized carbons (Fsp3) is 0.500. The van der Waals surface area contributed by atoms with E-state index in [0.29, 0.717) is 6.61 Å². The molecule has 1 heterocycles. The van der Waals surface area contributed by atoms with Crippen LogP contribution in [0.3, 0.4) is 0 Å². The SMILES string of the molecule is C(#Cc1ccccc1)COCCC1CCNCC1.Cl. The number of ether oxygens (including phenoxy) is 1. The highest BCUT2D eigenvalue weighted by atomic mass is 35.5. The highest BCUT2D eigenvalue weighted by molar-refractivity contribution is 5.85. The number of nitrogens with one attached hydrogen (secondary N) is 1. The van der Waals surface area contributed by atoms with Crippen molar-refractivity contribution in [1.82, 2.24) is 5.32 Å². The highest BCUT2D eigenvalue weighted by Gasteiger charge is 2.11. The molecule has 0 aromatic heterocycles. The number of piperidine rings is 1. The van der Waals surface area contributed by atoms with Gasteiger partial charge in [-0.3, -0.25) is 0 Å². The zero-order valence-electron chi connectivity index (χ0n) is 11.2. The fourth-order valence-electron chi connectivity index (χ4n) is 2.20. The van der Waals surface area contributed by atoms with Gasteiger partial charge in [-0.2, -0.15) is 0 Å². The predicted octanol–water partition coefficient (Wildman–Crippen LogP) is 2.87. The summed E-state index contributed by atoms with van der Waals surface area (Å²) in [6, 6.07) is 10.0. The Labute approximate surface area is 122 Å². The van der Waals surface area contributed by atoms with Crippen LogP contribution in [0.4, 0.5) is 0 Å². The van der Waals surface area contributed by atoms with Gasteiger partial charge in [0.05, 0.1) is 0 Å². The summed E-state index contributed by atoms with van der Waals surface area (Å²) in [5.74, 6) is 6.99. The molecular formula is C16H22ClNO. The Balaban J connectivity index is 0.00000180. The molecule has 1 aromatic carbocycles. The van der Waals surface area contributed by atoms with Crippen molar-refractivity contribution in [3.8, 4) is 11.8 Å². The average molecular weight is 280 g/mol. The second-order valence-corrected chi connectivity index (χ2v) is 4.70. The van der Waals surface area contributed by atoms with E-state index in [4.69, 9.17) is 4.74 Å². The molecule has 1 aliphatic rings. The van der Waals surface area contributed by atoms with E-state index in [0.717, 1.165) is 18.1 Å². The molecule has 1 saturated heterocycles. The number of halogens is 1. The Bertz CT molecular complexity index is 390. The smallest absolute Gasteiger partial charge is 0.108 e. The lowest BCUT2D eigenvalue weighted by Crippen LogP contribution is -2.28. The third-order valence-corrected chi connectivity index (χ3v) is 3.31. The maximum absolute atomic E-state index is 5.56. The number of hydrogen-bond acceptors (Lipinski definition) is 2. The molecule has 0 bridgehead atoms. The molecule has 2 rings (SSSR count). The molecule has 0 amide bonds. The lowest BCUT2D eigenvalue weighted by atomic mass is 9.95. The van der Waals surface area contributed by atoms with Crippen molar-refractivity contribution in [2.75, 3.05) is 26.3 Å². The Morgan fingerprint density at radius 2 is 1.89 bits per heavy atom. The van der Waals surface area contributed by atoms with Crippen molar-refractivity contribution in [3.63, 3.8) is 0 Å². The van der Waals surface area contributed by atoms with Crippen molar-refractivity contribution >= 4 is 12.4 Å². The molecule has 0 saturated carbocycles. The quantitative estimate of drug-likeness (QED) is 0.676. The van der Waals surface area contributed by atoms with Crippen LogP contribution in [0.1, 0.15) is 24.8 Å². The minimum absolute atomic E-state index is 0. The van der Waals surface area contributed by atoms with E-state index in [-0.39, 0.29) is 12.4 Å². The van der Waals surface area contributed by atoms with Crippen molar-refractivity contribution in [2.24, 2.45) is 5.92 Å². The zero-order chi connectivity index (χ0) is 12.5. The maximum atomic E-state index is 5.56. The van der Waals surface area contributed by atoms with Crippen LogP contribution in [0, 0.1) is 17.8 Å². The zero-order valence-corrected chi connectivity index (χ0v) is 12.0. The Morgan fingerprint density at radius 1 is 1.16 bits per heavy atom. The molecule has 0 spiro atoms. The van der Waals surface area contributed by atoms with E-state index in [1.165, 1.54) is 32.4 Å². The van der Waals surface area contributed by atoms with E-state index in [1.807, 2.05) is 30.3 Å². The van der Waals surface area contributed by atoms with Gasteiger partial charge in [0.2, 0.25) is 0 Å². The van der Waals surface area contributed by atoms with Gasteiger partial charge in [0.15, 0.2) is 0 Å². The van der Waals surface area contributed by atoms with Crippen LogP contribution in [0.25, 0.3) is 0 Å². The molecular weight excluding hydrogens is 258 g/mol. The van der Waals surface area contributed by atoms with E-state index < -0.39 is 0 Å². The maximum Gasteiger partial charge on any atom is 0.108 e. The molecule has 1 N–H and O–H groups in total. The summed E-state index contributed by atoms with van der Waals surface area (Å²) in [7, 11) is 0. The Kier molecular flexibility index (Phi) is 8.33. The molecule has 0 aliphatic carbocycles. The van der Waals surface area contributed by atoms with Gasteiger partial charge in [0.25, 0.3) is 0 Å². The lowest BCUT2D eigenvalue weighted by molar-refractivity contribution is 0.142. The summed E-state index contributed by atoms with van der Waals surface area (Å²) in [5, 5.41) is 3.38. The molecule has 1 fully saturated rings. The van der Waals surface area contributed by atoms with Crippen molar-refractivity contribution in [3.05, 3.63) is 35.9 Å². The number of benzene rings is 1. The predicted molar refractivity (Wildman–Crippen MR) is 81.6 cm³/mol. The summed E-state index contributed by atoms with van der Waals surface area (Å²) in [6.45, 7) is 3.71. The minimum Gasteiger partial charge on any atom is -0.369 e. The van der Waals surface area contributed by atoms with Crippen LogP contribution < -0.4 is 5.32 Å². The molecule has 19 heavy (non-hydrogen) atoms. The Morgan fingerprint density at radius 3 is 2.63 bits per heavy atom. The molecule has 1 aromatic rings. The molecule has 0 unspecified atom stereocenters. The third kappa shape index (κ3) is 6.63. The summed E-state index contributed by atoms with van der Waals surface area (Å²) >= 11 is 0. The van der Waals surface area contributed by atoms with Gasteiger partial charge < -0.3 is 10.1 Å². The van der Waals surface area contributed by atoms with Gasteiger partial charge in [0, 0.05) is 12.2 Å². The van der Waals surface area contributed by atoms with Crippen molar-refractivity contribution < 1.29 is 4.74 Å². The normalized spacial score (nSPS) is 15.2. The molecule has 1 aliphatic heterocycles. The number of rotatable bonds is 4. The first-order valence-electron chi connectivity index (χ1n) is 6.77. The summed E-state index contributed by atoms with van der Waals surface area (Å²) in [4.78, 5) is 0. The van der Waals surface area contributed by atoms with Crippen LogP contribution in [-0.4, -0.2) is 26.3 Å². The van der Waals surface area contributed by atoms with Gasteiger partial charge in [-0.15, -0.1) is 12.4 Å². The standard InChI is InChI=1S/C16H21NO.ClH/c1-2-5-15(6-3-1)7-4-13-18-14-10-16-8-11-17-12-9-16;/h1-3,5-6,16-17H,8-14H2;1H. The second kappa shape index (κ2) is 9.86. The van der Waals surface area contributed by atoms with E-state index >= 15 is 0 Å². The monoisotopic (exact) mass is 279 g/mol. The average Bonchev–Trinajstić information content (AvgIpc) is 2.45. The lowest BCUT2D eigenvalue weighted by Gasteiger charge is -2.21. The van der Waals surface area contributed by atoms with Crippen LogP contribution in [0.5, 0.6) is 0 Å². The summed E-state index contributed by atoms with van der Waals surface area (Å²) in [6.07, 6.45) is 3.76. The van der Waals surface area contributed by atoms with Crippen LogP contribution in [-0.2, 0) is 4.74 Å². The minimum atomic E-state index is 0. The topological polar surface area (TPSA) is 21.3 Å². The summed E-state index contributed by atoms with van der Waals surface area (Å²) in [5.41, 5.74) is 1.06. The largest absolute Gasteiger partial charge is 0.369 e. The second-order valence-electron chi connectivity index (χ2n) is 4.70. The van der Waals surface area contributed by atoms with Crippen LogP contribution >= 0.6 is 12.4 Å². The molecule has 0 radical (unpaired) electrons. The Hall–Kier alpha value is -1.01. The number of hydrogen-bond donors (Lipinski definition) is 1. The third-order valence-electron chi connectivity index (χ3n) is 3.31. The summed E-state index contributed by atoms with van der Waals surface area (Å²) < 4.78 is 5.56. The van der Waals surface area contributed by atoms with Crippen LogP contribution in [0.2, 0.25) is 0 Å². The molecule has 3 heteroatoms. The van der Waals surface area contributed by atoms with Crippen LogP contribution in [0.15, 0.2) is 30.3 Å². The highest BCUT2D eigenvalue weighted by Crippen LogP contribution is 2.15. The van der Waals surface area contributed by atoms with Gasteiger partial charge in [-0.1, -0.05) is 30.0 Å². The van der Waals surface area contributed by atoms with E-state index in [9.17, 15) is 0 Å². The molecule has 104 valence electrons. The first-order valence-corrected chi connectivity index (χ1v) is 6.77. The molecule has 2 nitrogen and oxygen atoms in total. The first kappa shape index (κ1) is 16.0. The van der Waals surface area contributed by atoms with Gasteiger partial charge in [0.1, 0.15) is 6.61 Å². The van der Waals surface area contributed by atoms with Gasteiger partial charge >= 0.3 is 0 Å².